The van der Waals surface area contributed by atoms with Crippen molar-refractivity contribution in [1.29, 1.82) is 0 Å². The standard InChI is InChI=1S/C26H42O3/c1-15-13-23(28)24(29-15)16(2)20-7-8-21-19-6-5-17-14-18(27)9-11-25(17,3)22(19)10-12-26(20,21)4/h5,15-16,18-24,27-28H,6-14H2,1-4H3/t15-,16+,18+,19+,20-,21+,22+,23+,24+,25+,26-/m1/s1. The maximum Gasteiger partial charge on any atom is 0.0866 e. The molecule has 0 aromatic carbocycles. The maximum absolute atomic E-state index is 10.6. The summed E-state index contributed by atoms with van der Waals surface area (Å²) in [6.07, 6.45) is 12.8. The zero-order valence-corrected chi connectivity index (χ0v) is 18.9. The molecule has 0 aromatic heterocycles. The van der Waals surface area contributed by atoms with E-state index < -0.39 is 0 Å². The van der Waals surface area contributed by atoms with Gasteiger partial charge in [-0.25, -0.2) is 0 Å². The first-order valence-electron chi connectivity index (χ1n) is 12.4. The van der Waals surface area contributed by atoms with Gasteiger partial charge in [0.15, 0.2) is 0 Å². The highest BCUT2D eigenvalue weighted by Crippen LogP contribution is 2.67. The van der Waals surface area contributed by atoms with Crippen LogP contribution in [0.1, 0.15) is 85.5 Å². The Bertz CT molecular complexity index is 673. The zero-order valence-electron chi connectivity index (χ0n) is 18.9. The molecule has 1 aliphatic heterocycles. The fourth-order valence-corrected chi connectivity index (χ4v) is 9.14. The van der Waals surface area contributed by atoms with Crippen LogP contribution in [-0.4, -0.2) is 34.6 Å². The fourth-order valence-electron chi connectivity index (χ4n) is 9.14. The SMILES string of the molecule is C[C@H]([C@@H]1O[C@H](C)C[C@@H]1O)[C@H]1CC[C@H]2[C@@H]3CC=C4C[C@@H](O)CC[C@]4(C)[C@H]3CC[C@]12C. The van der Waals surface area contributed by atoms with Gasteiger partial charge in [0, 0.05) is 6.42 Å². The summed E-state index contributed by atoms with van der Waals surface area (Å²) in [6.45, 7) is 9.56. The average molecular weight is 403 g/mol. The van der Waals surface area contributed by atoms with E-state index in [0.29, 0.717) is 22.7 Å². The number of ether oxygens (including phenoxy) is 1. The van der Waals surface area contributed by atoms with Gasteiger partial charge in [-0.15, -0.1) is 0 Å². The second-order valence-electron chi connectivity index (χ2n) is 12.0. The minimum atomic E-state index is -0.285. The van der Waals surface area contributed by atoms with E-state index in [1.54, 1.807) is 5.57 Å². The number of aliphatic hydroxyl groups excluding tert-OH is 2. The molecule has 5 aliphatic rings. The number of hydrogen-bond donors (Lipinski definition) is 2. The van der Waals surface area contributed by atoms with Crippen LogP contribution in [0.2, 0.25) is 0 Å². The van der Waals surface area contributed by atoms with Crippen molar-refractivity contribution in [3.8, 4) is 0 Å². The minimum absolute atomic E-state index is 0.0264. The van der Waals surface area contributed by atoms with Crippen LogP contribution in [-0.2, 0) is 4.74 Å². The van der Waals surface area contributed by atoms with Gasteiger partial charge in [0.05, 0.1) is 24.4 Å². The first kappa shape index (κ1) is 20.5. The van der Waals surface area contributed by atoms with Gasteiger partial charge in [-0.05, 0) is 98.7 Å². The number of aliphatic hydroxyl groups is 2. The van der Waals surface area contributed by atoms with Crippen molar-refractivity contribution in [2.45, 2.75) is 110 Å². The van der Waals surface area contributed by atoms with Crippen molar-refractivity contribution >= 4 is 0 Å². The summed E-state index contributed by atoms with van der Waals surface area (Å²) in [7, 11) is 0. The number of fused-ring (bicyclic) bond motifs is 5. The summed E-state index contributed by atoms with van der Waals surface area (Å²) in [5.74, 6) is 3.53. The van der Waals surface area contributed by atoms with E-state index >= 15 is 0 Å². The van der Waals surface area contributed by atoms with Gasteiger partial charge in [-0.1, -0.05) is 32.4 Å². The van der Waals surface area contributed by atoms with Crippen molar-refractivity contribution in [3.05, 3.63) is 11.6 Å². The topological polar surface area (TPSA) is 49.7 Å². The number of rotatable bonds is 2. The van der Waals surface area contributed by atoms with E-state index in [-0.39, 0.29) is 24.4 Å². The van der Waals surface area contributed by atoms with E-state index in [9.17, 15) is 10.2 Å². The minimum Gasteiger partial charge on any atom is -0.393 e. The Hall–Kier alpha value is -0.380. The lowest BCUT2D eigenvalue weighted by molar-refractivity contribution is -0.0853. The summed E-state index contributed by atoms with van der Waals surface area (Å²) in [5, 5.41) is 20.8. The third kappa shape index (κ3) is 3.01. The summed E-state index contributed by atoms with van der Waals surface area (Å²) >= 11 is 0. The summed E-state index contributed by atoms with van der Waals surface area (Å²) in [5.41, 5.74) is 2.29. The molecule has 4 aliphatic carbocycles. The average Bonchev–Trinajstić information content (AvgIpc) is 3.20. The van der Waals surface area contributed by atoms with E-state index in [4.69, 9.17) is 4.74 Å². The molecule has 164 valence electrons. The highest BCUT2D eigenvalue weighted by Gasteiger charge is 2.60. The normalized spacial score (nSPS) is 55.6. The molecule has 3 heteroatoms. The Morgan fingerprint density at radius 3 is 2.59 bits per heavy atom. The van der Waals surface area contributed by atoms with Gasteiger partial charge in [0.2, 0.25) is 0 Å². The smallest absolute Gasteiger partial charge is 0.0866 e. The molecule has 0 aromatic rings. The zero-order chi connectivity index (χ0) is 20.6. The Morgan fingerprint density at radius 2 is 1.86 bits per heavy atom. The van der Waals surface area contributed by atoms with Crippen LogP contribution in [0.15, 0.2) is 11.6 Å². The number of allylic oxidation sites excluding steroid dienone is 1. The molecular formula is C26H42O3. The Labute approximate surface area is 177 Å². The molecule has 0 unspecified atom stereocenters. The van der Waals surface area contributed by atoms with E-state index in [1.807, 2.05) is 0 Å². The molecule has 3 nitrogen and oxygen atoms in total. The fraction of sp³-hybridized carbons (Fsp3) is 0.923. The lowest BCUT2D eigenvalue weighted by Gasteiger charge is -2.58. The van der Waals surface area contributed by atoms with Gasteiger partial charge < -0.3 is 14.9 Å². The van der Waals surface area contributed by atoms with Gasteiger partial charge in [-0.2, -0.15) is 0 Å². The third-order valence-corrected chi connectivity index (χ3v) is 10.6. The molecule has 11 atom stereocenters. The van der Waals surface area contributed by atoms with Gasteiger partial charge >= 0.3 is 0 Å². The van der Waals surface area contributed by atoms with Crippen molar-refractivity contribution in [2.75, 3.05) is 0 Å². The molecule has 1 heterocycles. The van der Waals surface area contributed by atoms with Crippen molar-refractivity contribution in [1.82, 2.24) is 0 Å². The second-order valence-corrected chi connectivity index (χ2v) is 12.0. The summed E-state index contributed by atoms with van der Waals surface area (Å²) in [6, 6.07) is 0. The highest BCUT2D eigenvalue weighted by atomic mass is 16.5. The first-order valence-corrected chi connectivity index (χ1v) is 12.4. The molecule has 29 heavy (non-hydrogen) atoms. The predicted molar refractivity (Wildman–Crippen MR) is 115 cm³/mol. The van der Waals surface area contributed by atoms with Gasteiger partial charge in [-0.3, -0.25) is 0 Å². The largest absolute Gasteiger partial charge is 0.393 e. The van der Waals surface area contributed by atoms with E-state index in [0.717, 1.165) is 37.0 Å². The summed E-state index contributed by atoms with van der Waals surface area (Å²) in [4.78, 5) is 0. The summed E-state index contributed by atoms with van der Waals surface area (Å²) < 4.78 is 6.19. The van der Waals surface area contributed by atoms with E-state index in [1.165, 1.54) is 38.5 Å². The van der Waals surface area contributed by atoms with Crippen LogP contribution in [0.5, 0.6) is 0 Å². The molecular weight excluding hydrogens is 360 g/mol. The van der Waals surface area contributed by atoms with E-state index in [2.05, 4.69) is 33.8 Å². The van der Waals surface area contributed by atoms with Crippen LogP contribution < -0.4 is 0 Å². The van der Waals surface area contributed by atoms with Gasteiger partial charge in [0.25, 0.3) is 0 Å². The van der Waals surface area contributed by atoms with Crippen molar-refractivity contribution in [3.63, 3.8) is 0 Å². The number of hydrogen-bond acceptors (Lipinski definition) is 3. The van der Waals surface area contributed by atoms with Crippen LogP contribution in [0.4, 0.5) is 0 Å². The monoisotopic (exact) mass is 402 g/mol. The molecule has 4 fully saturated rings. The second kappa shape index (κ2) is 7.07. The maximum atomic E-state index is 10.6. The molecule has 5 rings (SSSR count). The van der Waals surface area contributed by atoms with Gasteiger partial charge in [0.1, 0.15) is 0 Å². The Balaban J connectivity index is 1.38. The molecule has 0 radical (unpaired) electrons. The Kier molecular flexibility index (Phi) is 5.00. The predicted octanol–water partition coefficient (Wildman–Crippen LogP) is 5.10. The molecule has 1 saturated heterocycles. The first-order chi connectivity index (χ1) is 13.7. The third-order valence-electron chi connectivity index (χ3n) is 10.6. The van der Waals surface area contributed by atoms with Crippen LogP contribution in [0.3, 0.4) is 0 Å². The lowest BCUT2D eigenvalue weighted by atomic mass is 9.47. The van der Waals surface area contributed by atoms with Crippen molar-refractivity contribution < 1.29 is 14.9 Å². The molecule has 0 spiro atoms. The molecule has 2 N–H and O–H groups in total. The van der Waals surface area contributed by atoms with Crippen LogP contribution >= 0.6 is 0 Å². The quantitative estimate of drug-likeness (QED) is 0.632. The Morgan fingerprint density at radius 1 is 1.07 bits per heavy atom. The molecule has 3 saturated carbocycles. The van der Waals surface area contributed by atoms with Crippen LogP contribution in [0.25, 0.3) is 0 Å². The highest BCUT2D eigenvalue weighted by molar-refractivity contribution is 5.25. The molecule has 0 amide bonds. The van der Waals surface area contributed by atoms with Crippen molar-refractivity contribution in [2.24, 2.45) is 40.4 Å². The lowest BCUT2D eigenvalue weighted by Crippen LogP contribution is -2.51. The molecule has 0 bridgehead atoms. The van der Waals surface area contributed by atoms with Crippen LogP contribution in [0, 0.1) is 40.4 Å².